The number of nitrogens with zero attached hydrogens (tertiary/aromatic N) is 1. The third kappa shape index (κ3) is 3.47. The molecule has 26 heavy (non-hydrogen) atoms. The van der Waals surface area contributed by atoms with Crippen LogP contribution < -0.4 is 15.8 Å². The molecule has 1 aromatic heterocycles. The first-order chi connectivity index (χ1) is 12.5. The molecule has 3 rings (SSSR count). The predicted octanol–water partition coefficient (Wildman–Crippen LogP) is 4.20. The van der Waals surface area contributed by atoms with Gasteiger partial charge in [-0.15, -0.1) is 0 Å². The first-order valence-corrected chi connectivity index (χ1v) is 8.73. The second-order valence-electron chi connectivity index (χ2n) is 6.11. The van der Waals surface area contributed by atoms with E-state index in [0.717, 1.165) is 24.3 Å². The van der Waals surface area contributed by atoms with Gasteiger partial charge < -0.3 is 14.6 Å². The molecule has 134 valence electrons. The highest BCUT2D eigenvalue weighted by molar-refractivity contribution is 6.05. The number of hydrogen-bond acceptors (Lipinski definition) is 4. The van der Waals surface area contributed by atoms with Gasteiger partial charge in [0.15, 0.2) is 0 Å². The molecule has 0 aliphatic rings. The van der Waals surface area contributed by atoms with Gasteiger partial charge in [-0.05, 0) is 56.7 Å². The molecule has 0 aliphatic carbocycles. The Labute approximate surface area is 152 Å². The smallest absolute Gasteiger partial charge is 0.349 e. The fraction of sp³-hybridized carbons (Fsp3) is 0.238. The lowest BCUT2D eigenvalue weighted by molar-refractivity contribution is 0.102. The Balaban J connectivity index is 1.88. The number of benzene rings is 2. The zero-order chi connectivity index (χ0) is 18.7. The lowest BCUT2D eigenvalue weighted by Crippen LogP contribution is -2.23. The summed E-state index contributed by atoms with van der Waals surface area (Å²) in [7, 11) is 0. The van der Waals surface area contributed by atoms with Crippen molar-refractivity contribution in [2.45, 2.75) is 20.8 Å². The fourth-order valence-corrected chi connectivity index (χ4v) is 2.98. The maximum Gasteiger partial charge on any atom is 0.349 e. The van der Waals surface area contributed by atoms with Crippen LogP contribution in [0.25, 0.3) is 11.0 Å². The Morgan fingerprint density at radius 3 is 2.50 bits per heavy atom. The number of nitrogens with one attached hydrogen (secondary N) is 1. The van der Waals surface area contributed by atoms with Crippen molar-refractivity contribution < 1.29 is 9.21 Å². The Hall–Kier alpha value is -3.08. The number of hydrogen-bond donors (Lipinski definition) is 1. The minimum Gasteiger partial charge on any atom is -0.422 e. The Kier molecular flexibility index (Phi) is 5.07. The number of carbonyl (C=O) groups excluding carboxylic acids is 1. The highest BCUT2D eigenvalue weighted by atomic mass is 16.4. The Morgan fingerprint density at radius 2 is 1.81 bits per heavy atom. The molecule has 0 radical (unpaired) electrons. The SMILES string of the molecule is CCN(CC)c1ccc(NC(=O)c2cc3ccccc3oc2=O)c(C)c1. The van der Waals surface area contributed by atoms with Gasteiger partial charge in [-0.1, -0.05) is 18.2 Å². The molecule has 0 aliphatic heterocycles. The summed E-state index contributed by atoms with van der Waals surface area (Å²) in [4.78, 5) is 26.9. The van der Waals surface area contributed by atoms with Crippen molar-refractivity contribution in [3.05, 3.63) is 70.1 Å². The number of rotatable bonds is 5. The van der Waals surface area contributed by atoms with E-state index in [2.05, 4.69) is 24.1 Å². The van der Waals surface area contributed by atoms with Crippen molar-refractivity contribution in [2.24, 2.45) is 0 Å². The average molecular weight is 350 g/mol. The van der Waals surface area contributed by atoms with Crippen LogP contribution in [0.5, 0.6) is 0 Å². The van der Waals surface area contributed by atoms with Crippen molar-refractivity contribution in [1.29, 1.82) is 0 Å². The zero-order valence-corrected chi connectivity index (χ0v) is 15.2. The van der Waals surface area contributed by atoms with Gasteiger partial charge >= 0.3 is 5.63 Å². The molecule has 5 nitrogen and oxygen atoms in total. The van der Waals surface area contributed by atoms with Crippen LogP contribution in [0.15, 0.2) is 57.7 Å². The highest BCUT2D eigenvalue weighted by Gasteiger charge is 2.15. The van der Waals surface area contributed by atoms with E-state index in [0.29, 0.717) is 16.7 Å². The number of para-hydroxylation sites is 1. The summed E-state index contributed by atoms with van der Waals surface area (Å²) >= 11 is 0. The standard InChI is InChI=1S/C21H22N2O3/c1-4-23(5-2)16-10-11-18(14(3)12-16)22-20(24)17-13-15-8-6-7-9-19(15)26-21(17)25/h6-13H,4-5H2,1-3H3,(H,22,24). The van der Waals surface area contributed by atoms with Crippen LogP contribution in [0.1, 0.15) is 29.8 Å². The summed E-state index contributed by atoms with van der Waals surface area (Å²) in [6.07, 6.45) is 0. The molecule has 1 heterocycles. The van der Waals surface area contributed by atoms with Crippen molar-refractivity contribution in [3.63, 3.8) is 0 Å². The maximum atomic E-state index is 12.6. The van der Waals surface area contributed by atoms with Crippen LogP contribution in [-0.4, -0.2) is 19.0 Å². The van der Waals surface area contributed by atoms with Crippen LogP contribution in [-0.2, 0) is 0 Å². The fourth-order valence-electron chi connectivity index (χ4n) is 2.98. The molecule has 0 unspecified atom stereocenters. The van der Waals surface area contributed by atoms with Gasteiger partial charge in [-0.3, -0.25) is 4.79 Å². The maximum absolute atomic E-state index is 12.6. The van der Waals surface area contributed by atoms with Crippen LogP contribution in [0, 0.1) is 6.92 Å². The number of amides is 1. The number of aryl methyl sites for hydroxylation is 1. The minimum absolute atomic E-state index is 0.00378. The van der Waals surface area contributed by atoms with Gasteiger partial charge in [-0.2, -0.15) is 0 Å². The van der Waals surface area contributed by atoms with E-state index >= 15 is 0 Å². The first-order valence-electron chi connectivity index (χ1n) is 8.73. The number of carbonyl (C=O) groups is 1. The van der Waals surface area contributed by atoms with Gasteiger partial charge in [0.1, 0.15) is 11.1 Å². The predicted molar refractivity (Wildman–Crippen MR) is 105 cm³/mol. The highest BCUT2D eigenvalue weighted by Crippen LogP contribution is 2.23. The molecular weight excluding hydrogens is 328 g/mol. The summed E-state index contributed by atoms with van der Waals surface area (Å²) in [6, 6.07) is 14.6. The van der Waals surface area contributed by atoms with E-state index in [9.17, 15) is 9.59 Å². The second kappa shape index (κ2) is 7.44. The van der Waals surface area contributed by atoms with Crippen LogP contribution in [0.4, 0.5) is 11.4 Å². The quantitative estimate of drug-likeness (QED) is 0.701. The van der Waals surface area contributed by atoms with E-state index < -0.39 is 11.5 Å². The molecule has 5 heteroatoms. The van der Waals surface area contributed by atoms with Gasteiger partial charge in [0.25, 0.3) is 5.91 Å². The molecule has 0 saturated carbocycles. The number of anilines is 2. The molecule has 1 amide bonds. The molecule has 1 N–H and O–H groups in total. The average Bonchev–Trinajstić information content (AvgIpc) is 2.64. The van der Waals surface area contributed by atoms with E-state index in [1.807, 2.05) is 31.2 Å². The summed E-state index contributed by atoms with van der Waals surface area (Å²) < 4.78 is 5.24. The van der Waals surface area contributed by atoms with Gasteiger partial charge in [0.2, 0.25) is 0 Å². The van der Waals surface area contributed by atoms with Crippen LogP contribution in [0.3, 0.4) is 0 Å². The molecule has 0 spiro atoms. The summed E-state index contributed by atoms with van der Waals surface area (Å²) in [5, 5.41) is 3.53. The number of fused-ring (bicyclic) bond motifs is 1. The Morgan fingerprint density at radius 1 is 1.08 bits per heavy atom. The third-order valence-electron chi connectivity index (χ3n) is 4.47. The summed E-state index contributed by atoms with van der Waals surface area (Å²) in [6.45, 7) is 7.98. The zero-order valence-electron chi connectivity index (χ0n) is 15.2. The summed E-state index contributed by atoms with van der Waals surface area (Å²) in [5.41, 5.74) is 2.55. The van der Waals surface area contributed by atoms with E-state index in [1.165, 1.54) is 0 Å². The lowest BCUT2D eigenvalue weighted by Gasteiger charge is -2.22. The molecule has 0 fully saturated rings. The van der Waals surface area contributed by atoms with Crippen LogP contribution >= 0.6 is 0 Å². The minimum atomic E-state index is -0.640. The van der Waals surface area contributed by atoms with E-state index in [4.69, 9.17) is 4.42 Å². The van der Waals surface area contributed by atoms with E-state index in [1.54, 1.807) is 24.3 Å². The van der Waals surface area contributed by atoms with Crippen LogP contribution in [0.2, 0.25) is 0 Å². The van der Waals surface area contributed by atoms with Gasteiger partial charge in [0.05, 0.1) is 0 Å². The lowest BCUT2D eigenvalue weighted by atomic mass is 10.1. The largest absolute Gasteiger partial charge is 0.422 e. The Bertz CT molecular complexity index is 1000. The third-order valence-corrected chi connectivity index (χ3v) is 4.47. The summed E-state index contributed by atoms with van der Waals surface area (Å²) in [5.74, 6) is -0.469. The molecule has 0 saturated heterocycles. The topological polar surface area (TPSA) is 62.6 Å². The molecule has 3 aromatic rings. The van der Waals surface area contributed by atoms with Gasteiger partial charge in [0, 0.05) is 29.9 Å². The van der Waals surface area contributed by atoms with Gasteiger partial charge in [-0.25, -0.2) is 4.79 Å². The molecule has 2 aromatic carbocycles. The van der Waals surface area contributed by atoms with Crippen molar-refractivity contribution in [3.8, 4) is 0 Å². The van der Waals surface area contributed by atoms with Crippen molar-refractivity contribution in [1.82, 2.24) is 0 Å². The molecule has 0 atom stereocenters. The van der Waals surface area contributed by atoms with Crippen molar-refractivity contribution >= 4 is 28.3 Å². The molecular formula is C21H22N2O3. The van der Waals surface area contributed by atoms with E-state index in [-0.39, 0.29) is 5.56 Å². The second-order valence-corrected chi connectivity index (χ2v) is 6.11. The first kappa shape index (κ1) is 17.7. The van der Waals surface area contributed by atoms with Crippen molar-refractivity contribution in [2.75, 3.05) is 23.3 Å². The molecule has 0 bridgehead atoms. The monoisotopic (exact) mass is 350 g/mol. The normalized spacial score (nSPS) is 10.7.